The van der Waals surface area contributed by atoms with Gasteiger partial charge in [0.15, 0.2) is 5.11 Å². The van der Waals surface area contributed by atoms with Crippen LogP contribution in [-0.4, -0.2) is 32.7 Å². The molecule has 0 atom stereocenters. The lowest BCUT2D eigenvalue weighted by molar-refractivity contribution is 0.277. The van der Waals surface area contributed by atoms with E-state index in [-0.39, 0.29) is 6.04 Å². The number of nitrogens with one attached hydrogen (secondary N) is 1. The lowest BCUT2D eigenvalue weighted by Gasteiger charge is -2.27. The molecule has 0 saturated heterocycles. The molecule has 23 heavy (non-hydrogen) atoms. The van der Waals surface area contributed by atoms with E-state index in [4.69, 9.17) is 28.3 Å². The molecule has 1 N–H and O–H groups in total. The SMILES string of the molecule is C=CCNC(=S)N(Cc1nc(-c2ccc(Cl)cc2)no1)C(C)C. The maximum atomic E-state index is 5.89. The van der Waals surface area contributed by atoms with Crippen LogP contribution in [0.4, 0.5) is 0 Å². The number of halogens is 1. The van der Waals surface area contributed by atoms with Crippen molar-refractivity contribution in [2.75, 3.05) is 6.54 Å². The largest absolute Gasteiger partial charge is 0.359 e. The van der Waals surface area contributed by atoms with Crippen molar-refractivity contribution >= 4 is 28.9 Å². The van der Waals surface area contributed by atoms with Crippen molar-refractivity contribution in [1.29, 1.82) is 0 Å². The fraction of sp³-hybridized carbons (Fsp3) is 0.312. The first-order valence-corrected chi connectivity index (χ1v) is 8.03. The predicted molar refractivity (Wildman–Crippen MR) is 96.2 cm³/mol. The van der Waals surface area contributed by atoms with Gasteiger partial charge in [-0.3, -0.25) is 0 Å². The molecule has 0 aliphatic heterocycles. The maximum Gasteiger partial charge on any atom is 0.246 e. The molecule has 0 aliphatic rings. The minimum absolute atomic E-state index is 0.200. The second-order valence-electron chi connectivity index (χ2n) is 5.21. The van der Waals surface area contributed by atoms with Gasteiger partial charge in [0, 0.05) is 23.2 Å². The molecule has 0 radical (unpaired) electrons. The van der Waals surface area contributed by atoms with Gasteiger partial charge in [-0.2, -0.15) is 4.98 Å². The first kappa shape index (κ1) is 17.4. The summed E-state index contributed by atoms with van der Waals surface area (Å²) in [4.78, 5) is 6.41. The van der Waals surface area contributed by atoms with Gasteiger partial charge in [0.1, 0.15) is 0 Å². The van der Waals surface area contributed by atoms with Crippen LogP contribution in [0.25, 0.3) is 11.4 Å². The van der Waals surface area contributed by atoms with Crippen LogP contribution in [0.1, 0.15) is 19.7 Å². The molecule has 7 heteroatoms. The standard InChI is InChI=1S/C16H19ClN4OS/c1-4-9-18-16(23)21(11(2)3)10-14-19-15(20-22-14)12-5-7-13(17)8-6-12/h4-8,11H,1,9-10H2,2-3H3,(H,18,23). The van der Waals surface area contributed by atoms with E-state index in [0.717, 1.165) is 5.56 Å². The zero-order chi connectivity index (χ0) is 16.8. The summed E-state index contributed by atoms with van der Waals surface area (Å²) in [6.07, 6.45) is 1.76. The molecule has 1 aromatic heterocycles. The van der Waals surface area contributed by atoms with Crippen LogP contribution >= 0.6 is 23.8 Å². The van der Waals surface area contributed by atoms with Gasteiger partial charge in [-0.05, 0) is 50.3 Å². The number of hydrogen-bond acceptors (Lipinski definition) is 4. The molecule has 0 spiro atoms. The van der Waals surface area contributed by atoms with Crippen LogP contribution in [-0.2, 0) is 6.54 Å². The third-order valence-electron chi connectivity index (χ3n) is 3.16. The molecule has 5 nitrogen and oxygen atoms in total. The zero-order valence-electron chi connectivity index (χ0n) is 13.1. The van der Waals surface area contributed by atoms with Crippen LogP contribution in [0.5, 0.6) is 0 Å². The molecule has 0 aliphatic carbocycles. The molecule has 0 fully saturated rings. The summed E-state index contributed by atoms with van der Waals surface area (Å²) < 4.78 is 5.34. The Labute approximate surface area is 146 Å². The third-order valence-corrected chi connectivity index (χ3v) is 3.79. The fourth-order valence-corrected chi connectivity index (χ4v) is 2.42. The Morgan fingerprint density at radius 2 is 2.13 bits per heavy atom. The average Bonchev–Trinajstić information content (AvgIpc) is 2.99. The molecule has 2 rings (SSSR count). The van der Waals surface area contributed by atoms with Crippen LogP contribution in [0.15, 0.2) is 41.4 Å². The lowest BCUT2D eigenvalue weighted by atomic mass is 10.2. The molecule has 122 valence electrons. The highest BCUT2D eigenvalue weighted by Crippen LogP contribution is 2.19. The lowest BCUT2D eigenvalue weighted by Crippen LogP contribution is -2.43. The normalized spacial score (nSPS) is 10.6. The van der Waals surface area contributed by atoms with E-state index in [0.29, 0.717) is 34.9 Å². The molecule has 0 saturated carbocycles. The van der Waals surface area contributed by atoms with E-state index in [2.05, 4.69) is 35.9 Å². The first-order chi connectivity index (χ1) is 11.0. The molecule has 0 bridgehead atoms. The van der Waals surface area contributed by atoms with E-state index in [1.165, 1.54) is 0 Å². The summed E-state index contributed by atoms with van der Waals surface area (Å²) in [5.41, 5.74) is 0.854. The van der Waals surface area contributed by atoms with Crippen molar-refractivity contribution in [2.45, 2.75) is 26.4 Å². The minimum Gasteiger partial charge on any atom is -0.359 e. The first-order valence-electron chi connectivity index (χ1n) is 7.25. The van der Waals surface area contributed by atoms with Gasteiger partial charge in [-0.1, -0.05) is 22.8 Å². The Morgan fingerprint density at radius 3 is 2.74 bits per heavy atom. The third kappa shape index (κ3) is 4.77. The Morgan fingerprint density at radius 1 is 1.43 bits per heavy atom. The van der Waals surface area contributed by atoms with Gasteiger partial charge in [0.25, 0.3) is 0 Å². The highest BCUT2D eigenvalue weighted by molar-refractivity contribution is 7.80. The Kier molecular flexibility index (Phi) is 6.12. The van der Waals surface area contributed by atoms with Gasteiger partial charge < -0.3 is 14.7 Å². The van der Waals surface area contributed by atoms with Crippen LogP contribution in [0.3, 0.4) is 0 Å². The smallest absolute Gasteiger partial charge is 0.246 e. The molecule has 0 unspecified atom stereocenters. The summed E-state index contributed by atoms with van der Waals surface area (Å²) in [5, 5.41) is 8.43. The minimum atomic E-state index is 0.200. The number of aromatic nitrogens is 2. The second kappa shape index (κ2) is 8.08. The number of benzene rings is 1. The van der Waals surface area contributed by atoms with Gasteiger partial charge in [0.05, 0.1) is 6.54 Å². The Hall–Kier alpha value is -1.92. The zero-order valence-corrected chi connectivity index (χ0v) is 14.7. The Balaban J connectivity index is 2.10. The maximum absolute atomic E-state index is 5.89. The van der Waals surface area contributed by atoms with Crippen LogP contribution in [0.2, 0.25) is 5.02 Å². The number of hydrogen-bond donors (Lipinski definition) is 1. The van der Waals surface area contributed by atoms with E-state index < -0.39 is 0 Å². The monoisotopic (exact) mass is 350 g/mol. The highest BCUT2D eigenvalue weighted by atomic mass is 35.5. The van der Waals surface area contributed by atoms with Crippen molar-refractivity contribution in [2.24, 2.45) is 0 Å². The van der Waals surface area contributed by atoms with E-state index in [1.807, 2.05) is 17.0 Å². The number of nitrogens with zero attached hydrogens (tertiary/aromatic N) is 3. The molecule has 1 aromatic carbocycles. The van der Waals surface area contributed by atoms with Crippen molar-refractivity contribution in [3.8, 4) is 11.4 Å². The van der Waals surface area contributed by atoms with Crippen molar-refractivity contribution in [1.82, 2.24) is 20.4 Å². The van der Waals surface area contributed by atoms with Crippen LogP contribution in [0, 0.1) is 0 Å². The summed E-state index contributed by atoms with van der Waals surface area (Å²) in [6, 6.07) is 7.50. The molecular weight excluding hydrogens is 332 g/mol. The van der Waals surface area contributed by atoms with Crippen molar-refractivity contribution < 1.29 is 4.52 Å². The van der Waals surface area contributed by atoms with Crippen LogP contribution < -0.4 is 5.32 Å². The van der Waals surface area contributed by atoms with E-state index >= 15 is 0 Å². The summed E-state index contributed by atoms with van der Waals surface area (Å²) in [7, 11) is 0. The molecule has 1 heterocycles. The van der Waals surface area contributed by atoms with Gasteiger partial charge in [0.2, 0.25) is 11.7 Å². The average molecular weight is 351 g/mol. The van der Waals surface area contributed by atoms with Crippen molar-refractivity contribution in [3.63, 3.8) is 0 Å². The fourth-order valence-electron chi connectivity index (χ4n) is 1.93. The number of rotatable bonds is 6. The van der Waals surface area contributed by atoms with Gasteiger partial charge >= 0.3 is 0 Å². The molecular formula is C16H19ClN4OS. The van der Waals surface area contributed by atoms with Gasteiger partial charge in [-0.15, -0.1) is 6.58 Å². The predicted octanol–water partition coefficient (Wildman–Crippen LogP) is 3.66. The summed E-state index contributed by atoms with van der Waals surface area (Å²) >= 11 is 11.3. The highest BCUT2D eigenvalue weighted by Gasteiger charge is 2.17. The molecule has 0 amide bonds. The summed E-state index contributed by atoms with van der Waals surface area (Å²) in [6.45, 7) is 8.84. The second-order valence-corrected chi connectivity index (χ2v) is 6.04. The van der Waals surface area contributed by atoms with Gasteiger partial charge in [-0.25, -0.2) is 0 Å². The quantitative estimate of drug-likeness (QED) is 0.633. The topological polar surface area (TPSA) is 54.2 Å². The van der Waals surface area contributed by atoms with E-state index in [1.54, 1.807) is 18.2 Å². The van der Waals surface area contributed by atoms with Crippen molar-refractivity contribution in [3.05, 3.63) is 47.8 Å². The van der Waals surface area contributed by atoms with E-state index in [9.17, 15) is 0 Å². The molecule has 2 aromatic rings. The summed E-state index contributed by atoms with van der Waals surface area (Å²) in [5.74, 6) is 1.04. The Bertz CT molecular complexity index is 669. The number of thiocarbonyl (C=S) groups is 1.